The number of carbonyl (C=O) groups excluding carboxylic acids is 1. The Balaban J connectivity index is 1.44. The maximum absolute atomic E-state index is 14.9. The first-order chi connectivity index (χ1) is 14.9. The number of esters is 1. The van der Waals surface area contributed by atoms with Crippen LogP contribution >= 0.6 is 0 Å². The van der Waals surface area contributed by atoms with Crippen molar-refractivity contribution in [2.24, 2.45) is 11.8 Å². The van der Waals surface area contributed by atoms with Crippen LogP contribution in [0.15, 0.2) is 69.9 Å². The summed E-state index contributed by atoms with van der Waals surface area (Å²) in [7, 11) is 0. The number of alkyl halides is 1. The Morgan fingerprint density at radius 2 is 1.81 bits per heavy atom. The highest BCUT2D eigenvalue weighted by atomic mass is 18.2. The van der Waals surface area contributed by atoms with E-state index in [1.54, 1.807) is 49.4 Å². The van der Waals surface area contributed by atoms with Gasteiger partial charge in [0, 0.05) is 29.8 Å². The van der Waals surface area contributed by atoms with Crippen LogP contribution < -0.4 is 10.9 Å². The van der Waals surface area contributed by atoms with E-state index in [1.165, 1.54) is 6.07 Å². The number of hydrogen-bond acceptors (Lipinski definition) is 6. The average Bonchev–Trinajstić information content (AvgIpc) is 2.78. The van der Waals surface area contributed by atoms with E-state index in [-0.39, 0.29) is 17.9 Å². The number of halogens is 1. The summed E-state index contributed by atoms with van der Waals surface area (Å²) in [5, 5.41) is 4.06. The smallest absolute Gasteiger partial charge is 0.340 e. The van der Waals surface area contributed by atoms with Crippen molar-refractivity contribution < 1.29 is 23.1 Å². The first-order valence-corrected chi connectivity index (χ1v) is 10.3. The second kappa shape index (κ2) is 8.89. The number of nitrogens with one attached hydrogen (secondary N) is 1. The standard InChI is InChI=1S/C24H24FNO5/c1-14-15(2)22(25)24(31-23(28)17-6-4-3-5-7-17)30-20(14)13-26-18-10-8-16-9-11-21(27)29-19(16)12-18/h3-12,14-15,20,22,24,26H,13H2,1-2H3/t14-,15-,20?,22?,24?/m0/s1/i25-1. The summed E-state index contributed by atoms with van der Waals surface area (Å²) >= 11 is 0. The maximum atomic E-state index is 14.9. The molecule has 4 rings (SSSR count). The van der Waals surface area contributed by atoms with Gasteiger partial charge in [-0.1, -0.05) is 32.0 Å². The Kier molecular flexibility index (Phi) is 6.04. The van der Waals surface area contributed by atoms with Crippen molar-refractivity contribution in [3.8, 4) is 0 Å². The van der Waals surface area contributed by atoms with Crippen LogP contribution in [0.25, 0.3) is 11.0 Å². The van der Waals surface area contributed by atoms with Gasteiger partial charge < -0.3 is 19.2 Å². The number of hydrogen-bond donors (Lipinski definition) is 1. The van der Waals surface area contributed by atoms with E-state index in [4.69, 9.17) is 13.9 Å². The summed E-state index contributed by atoms with van der Waals surface area (Å²) in [6.45, 7) is 4.08. The van der Waals surface area contributed by atoms with E-state index >= 15 is 0 Å². The van der Waals surface area contributed by atoms with Crippen molar-refractivity contribution in [3.05, 3.63) is 76.6 Å². The molecular formula is C24H24FNO5. The molecule has 0 amide bonds. The van der Waals surface area contributed by atoms with Crippen molar-refractivity contribution >= 4 is 22.6 Å². The molecule has 1 aliphatic heterocycles. The number of rotatable bonds is 5. The predicted molar refractivity (Wildman–Crippen MR) is 115 cm³/mol. The van der Waals surface area contributed by atoms with Crippen LogP contribution in [0.1, 0.15) is 24.2 Å². The maximum Gasteiger partial charge on any atom is 0.340 e. The molecular weight excluding hydrogens is 400 g/mol. The van der Waals surface area contributed by atoms with Gasteiger partial charge in [0.2, 0.25) is 6.29 Å². The molecule has 0 bridgehead atoms. The number of carbonyl (C=O) groups is 1. The molecule has 2 aromatic carbocycles. The Hall–Kier alpha value is -3.19. The molecule has 162 valence electrons. The van der Waals surface area contributed by atoms with Gasteiger partial charge >= 0.3 is 11.6 Å². The van der Waals surface area contributed by atoms with Gasteiger partial charge in [-0.25, -0.2) is 14.0 Å². The fourth-order valence-electron chi connectivity index (χ4n) is 3.71. The molecule has 0 saturated carbocycles. The molecule has 31 heavy (non-hydrogen) atoms. The minimum absolute atomic E-state index is 0.104. The summed E-state index contributed by atoms with van der Waals surface area (Å²) < 4.78 is 31.3. The first-order valence-electron chi connectivity index (χ1n) is 10.3. The van der Waals surface area contributed by atoms with Gasteiger partial charge in [-0.05, 0) is 42.2 Å². The summed E-state index contributed by atoms with van der Waals surface area (Å²) in [6, 6.07) is 17.0. The van der Waals surface area contributed by atoms with Crippen LogP contribution in [-0.2, 0) is 9.47 Å². The van der Waals surface area contributed by atoms with Crippen molar-refractivity contribution in [1.82, 2.24) is 0 Å². The summed E-state index contributed by atoms with van der Waals surface area (Å²) in [5.74, 6) is -1.08. The number of benzene rings is 2. The SMILES string of the molecule is C[C@@H]1C(CNc2ccc3ccc(=O)oc3c2)OC(OC(=O)c2ccccc2)C([18F])[C@H]1C. The molecule has 1 fully saturated rings. The van der Waals surface area contributed by atoms with Crippen molar-refractivity contribution in [3.63, 3.8) is 0 Å². The molecule has 0 aliphatic carbocycles. The molecule has 3 aromatic rings. The lowest BCUT2D eigenvalue weighted by Gasteiger charge is -2.41. The predicted octanol–water partition coefficient (Wildman–Crippen LogP) is 4.40. The van der Waals surface area contributed by atoms with E-state index in [9.17, 15) is 14.0 Å². The van der Waals surface area contributed by atoms with Crippen LogP contribution in [0.4, 0.5) is 10.1 Å². The van der Waals surface area contributed by atoms with Gasteiger partial charge in [0.05, 0.1) is 11.7 Å². The van der Waals surface area contributed by atoms with Crippen LogP contribution in [-0.4, -0.2) is 31.1 Å². The van der Waals surface area contributed by atoms with Crippen LogP contribution in [0.5, 0.6) is 0 Å². The van der Waals surface area contributed by atoms with Gasteiger partial charge in [-0.2, -0.15) is 0 Å². The molecule has 1 N–H and O–H groups in total. The van der Waals surface area contributed by atoms with E-state index in [1.807, 2.05) is 19.1 Å². The molecule has 2 heterocycles. The zero-order valence-corrected chi connectivity index (χ0v) is 17.3. The third-order valence-electron chi connectivity index (χ3n) is 5.85. The lowest BCUT2D eigenvalue weighted by atomic mass is 9.84. The molecule has 5 atom stereocenters. The lowest BCUT2D eigenvalue weighted by Crippen LogP contribution is -2.51. The van der Waals surface area contributed by atoms with Gasteiger partial charge in [0.1, 0.15) is 5.58 Å². The highest BCUT2D eigenvalue weighted by molar-refractivity contribution is 5.89. The number of fused-ring (bicyclic) bond motifs is 1. The molecule has 3 unspecified atom stereocenters. The summed E-state index contributed by atoms with van der Waals surface area (Å²) in [4.78, 5) is 23.8. The number of ether oxygens (including phenoxy) is 2. The van der Waals surface area contributed by atoms with Crippen LogP contribution in [0.2, 0.25) is 0 Å². The highest BCUT2D eigenvalue weighted by Gasteiger charge is 2.43. The second-order valence-corrected chi connectivity index (χ2v) is 7.86. The zero-order chi connectivity index (χ0) is 22.0. The monoisotopic (exact) mass is 424 g/mol. The molecule has 1 aliphatic rings. The van der Waals surface area contributed by atoms with Crippen molar-refractivity contribution in [2.45, 2.75) is 32.4 Å². The minimum atomic E-state index is -1.42. The largest absolute Gasteiger partial charge is 0.429 e. The third kappa shape index (κ3) is 4.61. The fourth-order valence-corrected chi connectivity index (χ4v) is 3.71. The molecule has 6 nitrogen and oxygen atoms in total. The van der Waals surface area contributed by atoms with Crippen molar-refractivity contribution in [2.75, 3.05) is 11.9 Å². The number of anilines is 1. The summed E-state index contributed by atoms with van der Waals surface area (Å²) in [5.41, 5.74) is 1.14. The Bertz CT molecular complexity index is 1120. The normalized spacial score (nSPS) is 25.8. The average molecular weight is 424 g/mol. The van der Waals surface area contributed by atoms with Crippen LogP contribution in [0.3, 0.4) is 0 Å². The first kappa shape index (κ1) is 21.1. The van der Waals surface area contributed by atoms with Crippen LogP contribution in [0, 0.1) is 11.8 Å². The Labute approximate surface area is 179 Å². The third-order valence-corrected chi connectivity index (χ3v) is 5.85. The van der Waals surface area contributed by atoms with E-state index < -0.39 is 24.1 Å². The molecule has 1 saturated heterocycles. The van der Waals surface area contributed by atoms with E-state index in [2.05, 4.69) is 5.32 Å². The van der Waals surface area contributed by atoms with Crippen molar-refractivity contribution in [1.29, 1.82) is 0 Å². The lowest BCUT2D eigenvalue weighted by molar-refractivity contribution is -0.227. The van der Waals surface area contributed by atoms with Gasteiger partial charge in [0.25, 0.3) is 0 Å². The fraction of sp³-hybridized carbons (Fsp3) is 0.333. The Morgan fingerprint density at radius 1 is 1.06 bits per heavy atom. The van der Waals surface area contributed by atoms with Gasteiger partial charge in [-0.15, -0.1) is 0 Å². The Morgan fingerprint density at radius 3 is 2.58 bits per heavy atom. The summed E-state index contributed by atoms with van der Waals surface area (Å²) in [6.07, 6.45) is -3.08. The molecule has 1 aromatic heterocycles. The molecule has 0 spiro atoms. The molecule has 0 radical (unpaired) electrons. The minimum Gasteiger partial charge on any atom is -0.429 e. The quantitative estimate of drug-likeness (QED) is 0.483. The van der Waals surface area contributed by atoms with E-state index in [0.29, 0.717) is 17.7 Å². The zero-order valence-electron chi connectivity index (χ0n) is 17.3. The second-order valence-electron chi connectivity index (χ2n) is 7.86. The van der Waals surface area contributed by atoms with Gasteiger partial charge in [-0.3, -0.25) is 0 Å². The highest BCUT2D eigenvalue weighted by Crippen LogP contribution is 2.34. The van der Waals surface area contributed by atoms with Gasteiger partial charge in [0.15, 0.2) is 6.17 Å². The topological polar surface area (TPSA) is 77.8 Å². The molecule has 7 heteroatoms. The van der Waals surface area contributed by atoms with E-state index in [0.717, 1.165) is 11.1 Å².